The summed E-state index contributed by atoms with van der Waals surface area (Å²) in [6.45, 7) is 6.78. The molecule has 5 rings (SSSR count). The molecule has 1 aliphatic heterocycles. The molecule has 0 saturated heterocycles. The lowest BCUT2D eigenvalue weighted by molar-refractivity contribution is 0.0270. The predicted octanol–water partition coefficient (Wildman–Crippen LogP) is 5.51. The first-order valence-corrected chi connectivity index (χ1v) is 11.0. The van der Waals surface area contributed by atoms with E-state index in [0.717, 1.165) is 28.3 Å². The van der Waals surface area contributed by atoms with Crippen molar-refractivity contribution in [2.75, 3.05) is 13.1 Å². The Morgan fingerprint density at radius 2 is 1.91 bits per heavy atom. The second-order valence-corrected chi connectivity index (χ2v) is 9.30. The van der Waals surface area contributed by atoms with E-state index in [-0.39, 0.29) is 11.8 Å². The van der Waals surface area contributed by atoms with Gasteiger partial charge in [-0.05, 0) is 68.7 Å². The lowest BCUT2D eigenvalue weighted by Crippen LogP contribution is -2.39. The molecule has 3 heterocycles. The van der Waals surface area contributed by atoms with E-state index in [1.807, 2.05) is 45.0 Å². The van der Waals surface area contributed by atoms with Crippen LogP contribution in [0.15, 0.2) is 54.6 Å². The molecule has 0 bridgehead atoms. The number of benzene rings is 2. The van der Waals surface area contributed by atoms with Crippen molar-refractivity contribution < 1.29 is 14.6 Å². The number of hydrogen-bond acceptors (Lipinski definition) is 5. The van der Waals surface area contributed by atoms with E-state index in [1.165, 1.54) is 5.57 Å². The van der Waals surface area contributed by atoms with Gasteiger partial charge in [-0.25, -0.2) is 4.79 Å². The Bertz CT molecular complexity index is 1400. The Morgan fingerprint density at radius 1 is 1.09 bits per heavy atom. The summed E-state index contributed by atoms with van der Waals surface area (Å²) in [6, 6.07) is 15.4. The molecule has 0 fully saturated rings. The molecule has 2 aromatic carbocycles. The fraction of sp³-hybridized carbons (Fsp3) is 0.269. The number of phenols is 1. The van der Waals surface area contributed by atoms with Crippen molar-refractivity contribution in [3.05, 3.63) is 60.2 Å². The fourth-order valence-corrected chi connectivity index (χ4v) is 4.14. The second kappa shape index (κ2) is 7.92. The average Bonchev–Trinajstić information content (AvgIpc) is 3.15. The highest BCUT2D eigenvalue weighted by atomic mass is 16.6. The summed E-state index contributed by atoms with van der Waals surface area (Å²) in [5.41, 5.74) is 4.77. The summed E-state index contributed by atoms with van der Waals surface area (Å²) >= 11 is 0. The van der Waals surface area contributed by atoms with Crippen molar-refractivity contribution >= 4 is 33.6 Å². The topological polar surface area (TPSA) is 91.3 Å². The maximum atomic E-state index is 12.4. The minimum atomic E-state index is -0.500. The number of amides is 1. The molecule has 7 nitrogen and oxygen atoms in total. The van der Waals surface area contributed by atoms with Crippen LogP contribution in [0, 0.1) is 0 Å². The number of aromatic nitrogens is 3. The lowest BCUT2D eigenvalue weighted by Gasteiger charge is -2.29. The van der Waals surface area contributed by atoms with Gasteiger partial charge in [0.05, 0.1) is 5.69 Å². The number of fused-ring (bicyclic) bond motifs is 3. The highest BCUT2D eigenvalue weighted by Gasteiger charge is 2.24. The van der Waals surface area contributed by atoms with Gasteiger partial charge < -0.3 is 19.7 Å². The number of phenolic OH excluding ortho intramolecular Hbond substituents is 1. The molecule has 168 valence electrons. The molecule has 0 spiro atoms. The summed E-state index contributed by atoms with van der Waals surface area (Å²) in [7, 11) is 0. The first kappa shape index (κ1) is 21.0. The molecule has 0 atom stereocenters. The van der Waals surface area contributed by atoms with Gasteiger partial charge in [0.1, 0.15) is 11.4 Å². The van der Waals surface area contributed by atoms with Gasteiger partial charge in [-0.15, -0.1) is 10.2 Å². The molecular formula is C26H26N4O3. The molecular weight excluding hydrogens is 416 g/mol. The van der Waals surface area contributed by atoms with Crippen LogP contribution in [0.1, 0.15) is 32.8 Å². The van der Waals surface area contributed by atoms with E-state index in [2.05, 4.69) is 33.4 Å². The van der Waals surface area contributed by atoms with Crippen LogP contribution in [-0.2, 0) is 4.74 Å². The van der Waals surface area contributed by atoms with Crippen molar-refractivity contribution in [1.29, 1.82) is 0 Å². The van der Waals surface area contributed by atoms with Gasteiger partial charge in [-0.1, -0.05) is 24.3 Å². The van der Waals surface area contributed by atoms with Crippen molar-refractivity contribution in [2.45, 2.75) is 32.8 Å². The number of H-pyrrole nitrogens is 1. The Balaban J connectivity index is 1.47. The van der Waals surface area contributed by atoms with Crippen molar-refractivity contribution in [2.24, 2.45) is 0 Å². The minimum absolute atomic E-state index is 0.175. The average molecular weight is 443 g/mol. The largest absolute Gasteiger partial charge is 0.507 e. The third-order valence-corrected chi connectivity index (χ3v) is 5.77. The maximum absolute atomic E-state index is 12.4. The molecule has 0 aliphatic carbocycles. The number of nitrogens with one attached hydrogen (secondary N) is 1. The van der Waals surface area contributed by atoms with Crippen LogP contribution in [0.3, 0.4) is 0 Å². The fourth-order valence-electron chi connectivity index (χ4n) is 4.14. The molecule has 7 heteroatoms. The highest BCUT2D eigenvalue weighted by Crippen LogP contribution is 2.33. The van der Waals surface area contributed by atoms with E-state index >= 15 is 0 Å². The first-order chi connectivity index (χ1) is 15.8. The minimum Gasteiger partial charge on any atom is -0.507 e. The van der Waals surface area contributed by atoms with Gasteiger partial charge in [-0.2, -0.15) is 0 Å². The number of para-hydroxylation sites is 1. The molecule has 0 unspecified atom stereocenters. The first-order valence-electron chi connectivity index (χ1n) is 11.0. The van der Waals surface area contributed by atoms with Gasteiger partial charge in [0.15, 0.2) is 5.65 Å². The predicted molar refractivity (Wildman–Crippen MR) is 129 cm³/mol. The summed E-state index contributed by atoms with van der Waals surface area (Å²) in [5, 5.41) is 20.9. The van der Waals surface area contributed by atoms with Crippen LogP contribution in [-0.4, -0.2) is 50.0 Å². The van der Waals surface area contributed by atoms with Crippen molar-refractivity contribution in [3.63, 3.8) is 0 Å². The summed E-state index contributed by atoms with van der Waals surface area (Å²) in [6.07, 6.45) is 2.58. The SMILES string of the molecule is CC(C)(C)OC(=O)N1CC=C(c2ccc3[nH]c4nnc(-c5ccccc5O)cc4c3c2)CC1. The summed E-state index contributed by atoms with van der Waals surface area (Å²) in [4.78, 5) is 17.4. The van der Waals surface area contributed by atoms with E-state index in [0.29, 0.717) is 30.0 Å². The van der Waals surface area contributed by atoms with Gasteiger partial charge >= 0.3 is 6.09 Å². The third kappa shape index (κ3) is 4.14. The molecule has 1 aliphatic rings. The Morgan fingerprint density at radius 3 is 2.64 bits per heavy atom. The smallest absolute Gasteiger partial charge is 0.410 e. The number of carbonyl (C=O) groups excluding carboxylic acids is 1. The second-order valence-electron chi connectivity index (χ2n) is 9.30. The quantitative estimate of drug-likeness (QED) is 0.427. The number of ether oxygens (including phenoxy) is 1. The zero-order chi connectivity index (χ0) is 23.2. The third-order valence-electron chi connectivity index (χ3n) is 5.77. The van der Waals surface area contributed by atoms with Crippen LogP contribution in [0.25, 0.3) is 38.8 Å². The van der Waals surface area contributed by atoms with Gasteiger partial charge in [0.2, 0.25) is 0 Å². The van der Waals surface area contributed by atoms with E-state index in [1.54, 1.807) is 17.0 Å². The van der Waals surface area contributed by atoms with Crippen molar-refractivity contribution in [3.8, 4) is 17.0 Å². The molecule has 0 saturated carbocycles. The number of carbonyl (C=O) groups is 1. The van der Waals surface area contributed by atoms with Gasteiger partial charge in [-0.3, -0.25) is 0 Å². The molecule has 33 heavy (non-hydrogen) atoms. The number of aromatic amines is 1. The maximum Gasteiger partial charge on any atom is 0.410 e. The monoisotopic (exact) mass is 442 g/mol. The molecule has 2 aromatic heterocycles. The number of rotatable bonds is 2. The number of aromatic hydroxyl groups is 1. The normalized spacial score (nSPS) is 14.5. The van der Waals surface area contributed by atoms with Crippen LogP contribution >= 0.6 is 0 Å². The summed E-state index contributed by atoms with van der Waals surface area (Å²) in [5.74, 6) is 0.175. The highest BCUT2D eigenvalue weighted by molar-refractivity contribution is 6.07. The van der Waals surface area contributed by atoms with Gasteiger partial charge in [0.25, 0.3) is 0 Å². The molecule has 4 aromatic rings. The van der Waals surface area contributed by atoms with Crippen LogP contribution in [0.2, 0.25) is 0 Å². The lowest BCUT2D eigenvalue weighted by atomic mass is 9.98. The van der Waals surface area contributed by atoms with Crippen LogP contribution in [0.5, 0.6) is 5.75 Å². The van der Waals surface area contributed by atoms with Crippen molar-refractivity contribution in [1.82, 2.24) is 20.1 Å². The number of nitrogens with zero attached hydrogens (tertiary/aromatic N) is 3. The molecule has 0 radical (unpaired) electrons. The van der Waals surface area contributed by atoms with E-state index in [9.17, 15) is 9.90 Å². The Labute approximate surface area is 191 Å². The number of hydrogen-bond donors (Lipinski definition) is 2. The Kier molecular flexibility index (Phi) is 5.04. The Hall–Kier alpha value is -3.87. The van der Waals surface area contributed by atoms with E-state index in [4.69, 9.17) is 4.74 Å². The van der Waals surface area contributed by atoms with E-state index < -0.39 is 5.60 Å². The van der Waals surface area contributed by atoms with Crippen LogP contribution < -0.4 is 0 Å². The van der Waals surface area contributed by atoms with Crippen LogP contribution in [0.4, 0.5) is 4.79 Å². The molecule has 1 amide bonds. The zero-order valence-electron chi connectivity index (χ0n) is 18.9. The molecule has 2 N–H and O–H groups in total. The summed E-state index contributed by atoms with van der Waals surface area (Å²) < 4.78 is 5.49. The zero-order valence-corrected chi connectivity index (χ0v) is 18.9. The van der Waals surface area contributed by atoms with Gasteiger partial charge in [0, 0.05) is 34.9 Å². The standard InChI is InChI=1S/C26H26N4O3/c1-26(2,3)33-25(32)30-12-10-16(11-13-30)17-8-9-21-19(14-17)20-15-22(28-29-24(20)27-21)18-6-4-5-7-23(18)31/h4-10,14-15,31H,11-13H2,1-3H3,(H,27,29).